The molecular weight excluding hydrogens is 382 g/mol. The standard InChI is InChI=1S/C23H25N3O4/c1-5-29-20-10-7-18(8-11-20)24-23(28)17(4)30-21-12-13-22(27)26(25-21)19-9-6-15(2)16(3)14-19/h6-14,17H,5H2,1-4H3,(H,24,28)/t17-/m0/s1. The molecule has 0 saturated carbocycles. The summed E-state index contributed by atoms with van der Waals surface area (Å²) in [5, 5.41) is 7.05. The van der Waals surface area contributed by atoms with Gasteiger partial charge in [-0.05, 0) is 75.2 Å². The predicted molar refractivity (Wildman–Crippen MR) is 116 cm³/mol. The Balaban J connectivity index is 1.71. The lowest BCUT2D eigenvalue weighted by Gasteiger charge is -2.15. The summed E-state index contributed by atoms with van der Waals surface area (Å²) in [5.74, 6) is 0.588. The molecule has 30 heavy (non-hydrogen) atoms. The normalized spacial score (nSPS) is 11.6. The van der Waals surface area contributed by atoms with Crippen molar-refractivity contribution in [3.8, 4) is 17.3 Å². The fraction of sp³-hybridized carbons (Fsp3) is 0.261. The number of anilines is 1. The van der Waals surface area contributed by atoms with Crippen LogP contribution in [0.5, 0.6) is 11.6 Å². The van der Waals surface area contributed by atoms with Gasteiger partial charge in [-0.3, -0.25) is 9.59 Å². The summed E-state index contributed by atoms with van der Waals surface area (Å²) in [6.07, 6.45) is -0.810. The smallest absolute Gasteiger partial charge is 0.271 e. The highest BCUT2D eigenvalue weighted by Crippen LogP contribution is 2.17. The van der Waals surface area contributed by atoms with Crippen LogP contribution in [0.15, 0.2) is 59.4 Å². The topological polar surface area (TPSA) is 82.5 Å². The number of rotatable bonds is 7. The molecule has 156 valence electrons. The van der Waals surface area contributed by atoms with E-state index in [1.54, 1.807) is 31.2 Å². The maximum atomic E-state index is 12.5. The van der Waals surface area contributed by atoms with E-state index < -0.39 is 6.10 Å². The first-order valence-electron chi connectivity index (χ1n) is 9.75. The highest BCUT2D eigenvalue weighted by atomic mass is 16.5. The first-order chi connectivity index (χ1) is 14.4. The van der Waals surface area contributed by atoms with Crippen molar-refractivity contribution in [1.82, 2.24) is 9.78 Å². The van der Waals surface area contributed by atoms with Crippen LogP contribution in [-0.2, 0) is 4.79 Å². The van der Waals surface area contributed by atoms with E-state index in [0.29, 0.717) is 18.0 Å². The monoisotopic (exact) mass is 407 g/mol. The molecule has 0 aliphatic heterocycles. The zero-order valence-corrected chi connectivity index (χ0v) is 17.5. The summed E-state index contributed by atoms with van der Waals surface area (Å²) in [7, 11) is 0. The van der Waals surface area contributed by atoms with E-state index in [4.69, 9.17) is 9.47 Å². The quantitative estimate of drug-likeness (QED) is 0.646. The second kappa shape index (κ2) is 9.26. The minimum absolute atomic E-state index is 0.183. The lowest BCUT2D eigenvalue weighted by atomic mass is 10.1. The molecule has 3 aromatic rings. The molecule has 1 heterocycles. The number of nitrogens with one attached hydrogen (secondary N) is 1. The molecule has 1 atom stereocenters. The lowest BCUT2D eigenvalue weighted by molar-refractivity contribution is -0.122. The maximum absolute atomic E-state index is 12.5. The van der Waals surface area contributed by atoms with Gasteiger partial charge in [0.05, 0.1) is 12.3 Å². The van der Waals surface area contributed by atoms with Crippen molar-refractivity contribution in [3.05, 3.63) is 76.1 Å². The van der Waals surface area contributed by atoms with Crippen LogP contribution in [0.3, 0.4) is 0 Å². The van der Waals surface area contributed by atoms with Gasteiger partial charge in [0.2, 0.25) is 5.88 Å². The van der Waals surface area contributed by atoms with Crippen molar-refractivity contribution in [2.24, 2.45) is 0 Å². The molecule has 0 aliphatic rings. The van der Waals surface area contributed by atoms with Gasteiger partial charge in [0.25, 0.3) is 11.5 Å². The summed E-state index contributed by atoms with van der Waals surface area (Å²) in [5.41, 5.74) is 3.17. The minimum atomic E-state index is -0.810. The van der Waals surface area contributed by atoms with Crippen LogP contribution in [0.25, 0.3) is 5.69 Å². The van der Waals surface area contributed by atoms with Crippen LogP contribution in [-0.4, -0.2) is 28.4 Å². The Labute approximate surface area is 175 Å². The van der Waals surface area contributed by atoms with E-state index in [0.717, 1.165) is 16.9 Å². The van der Waals surface area contributed by atoms with E-state index in [2.05, 4.69) is 10.4 Å². The molecule has 7 nitrogen and oxygen atoms in total. The zero-order valence-electron chi connectivity index (χ0n) is 17.5. The van der Waals surface area contributed by atoms with Crippen molar-refractivity contribution in [3.63, 3.8) is 0 Å². The number of nitrogens with zero attached hydrogens (tertiary/aromatic N) is 2. The van der Waals surface area contributed by atoms with Crippen molar-refractivity contribution in [2.45, 2.75) is 33.8 Å². The van der Waals surface area contributed by atoms with Gasteiger partial charge in [0, 0.05) is 17.8 Å². The largest absolute Gasteiger partial charge is 0.494 e. The van der Waals surface area contributed by atoms with Crippen LogP contribution < -0.4 is 20.3 Å². The van der Waals surface area contributed by atoms with Gasteiger partial charge < -0.3 is 14.8 Å². The van der Waals surface area contributed by atoms with Crippen LogP contribution in [0.1, 0.15) is 25.0 Å². The molecule has 2 aromatic carbocycles. The number of carbonyl (C=O) groups is 1. The maximum Gasteiger partial charge on any atom is 0.271 e. The van der Waals surface area contributed by atoms with E-state index in [9.17, 15) is 9.59 Å². The number of carbonyl (C=O) groups excluding carboxylic acids is 1. The molecule has 0 unspecified atom stereocenters. The average Bonchev–Trinajstić information content (AvgIpc) is 2.73. The fourth-order valence-corrected chi connectivity index (χ4v) is 2.78. The first-order valence-corrected chi connectivity index (χ1v) is 9.75. The molecule has 0 saturated heterocycles. The Bertz CT molecular complexity index is 1090. The van der Waals surface area contributed by atoms with E-state index in [1.165, 1.54) is 16.8 Å². The lowest BCUT2D eigenvalue weighted by Crippen LogP contribution is -2.31. The molecular formula is C23H25N3O4. The van der Waals surface area contributed by atoms with E-state index >= 15 is 0 Å². The second-order valence-electron chi connectivity index (χ2n) is 6.90. The summed E-state index contributed by atoms with van der Waals surface area (Å²) in [6.45, 7) is 8.08. The molecule has 3 rings (SSSR count). The molecule has 7 heteroatoms. The molecule has 0 radical (unpaired) electrons. The van der Waals surface area contributed by atoms with Gasteiger partial charge >= 0.3 is 0 Å². The highest BCUT2D eigenvalue weighted by molar-refractivity contribution is 5.94. The van der Waals surface area contributed by atoms with Gasteiger partial charge in [-0.1, -0.05) is 6.07 Å². The summed E-state index contributed by atoms with van der Waals surface area (Å²) in [6, 6.07) is 15.5. The summed E-state index contributed by atoms with van der Waals surface area (Å²) >= 11 is 0. The number of hydrogen-bond acceptors (Lipinski definition) is 5. The summed E-state index contributed by atoms with van der Waals surface area (Å²) < 4.78 is 12.3. The van der Waals surface area contributed by atoms with Crippen LogP contribution in [0.2, 0.25) is 0 Å². The van der Waals surface area contributed by atoms with Crippen molar-refractivity contribution >= 4 is 11.6 Å². The molecule has 1 N–H and O–H groups in total. The number of benzene rings is 2. The van der Waals surface area contributed by atoms with E-state index in [1.807, 2.05) is 39.0 Å². The van der Waals surface area contributed by atoms with Gasteiger partial charge in [-0.25, -0.2) is 0 Å². The van der Waals surface area contributed by atoms with Crippen LogP contribution >= 0.6 is 0 Å². The molecule has 0 bridgehead atoms. The van der Waals surface area contributed by atoms with Crippen molar-refractivity contribution in [1.29, 1.82) is 0 Å². The van der Waals surface area contributed by atoms with Crippen LogP contribution in [0, 0.1) is 13.8 Å². The SMILES string of the molecule is CCOc1ccc(NC(=O)[C@H](C)Oc2ccc(=O)n(-c3ccc(C)c(C)c3)n2)cc1. The molecule has 0 spiro atoms. The Morgan fingerprint density at radius 3 is 2.47 bits per heavy atom. The van der Waals surface area contributed by atoms with Gasteiger partial charge in [0.1, 0.15) is 5.75 Å². The Morgan fingerprint density at radius 2 is 1.80 bits per heavy atom. The van der Waals surface area contributed by atoms with Gasteiger partial charge in [-0.2, -0.15) is 4.68 Å². The van der Waals surface area contributed by atoms with Crippen LogP contribution in [0.4, 0.5) is 5.69 Å². The molecule has 0 aliphatic carbocycles. The van der Waals surface area contributed by atoms with Crippen molar-refractivity contribution < 1.29 is 14.3 Å². The molecule has 1 aromatic heterocycles. The molecule has 0 fully saturated rings. The predicted octanol–water partition coefficient (Wildman–Crippen LogP) is 3.65. The Morgan fingerprint density at radius 1 is 1.07 bits per heavy atom. The highest BCUT2D eigenvalue weighted by Gasteiger charge is 2.16. The number of amides is 1. The second-order valence-corrected chi connectivity index (χ2v) is 6.90. The third-order valence-electron chi connectivity index (χ3n) is 4.61. The minimum Gasteiger partial charge on any atom is -0.494 e. The fourth-order valence-electron chi connectivity index (χ4n) is 2.78. The summed E-state index contributed by atoms with van der Waals surface area (Å²) in [4.78, 5) is 24.7. The number of hydrogen-bond donors (Lipinski definition) is 1. The number of ether oxygens (including phenoxy) is 2. The Hall–Kier alpha value is -3.61. The number of aryl methyl sites for hydroxylation is 2. The third-order valence-corrected chi connectivity index (χ3v) is 4.61. The molecule has 1 amide bonds. The average molecular weight is 407 g/mol. The van der Waals surface area contributed by atoms with Gasteiger partial charge in [0.15, 0.2) is 6.10 Å². The third kappa shape index (κ3) is 5.05. The Kier molecular flexibility index (Phi) is 6.51. The number of aromatic nitrogens is 2. The first kappa shape index (κ1) is 21.1. The van der Waals surface area contributed by atoms with E-state index in [-0.39, 0.29) is 17.3 Å². The van der Waals surface area contributed by atoms with Gasteiger partial charge in [-0.15, -0.1) is 5.10 Å². The zero-order chi connectivity index (χ0) is 21.7. The van der Waals surface area contributed by atoms with Crippen molar-refractivity contribution in [2.75, 3.05) is 11.9 Å².